The maximum atomic E-state index is 14.7. The Kier molecular flexibility index (Phi) is 12.1. The van der Waals surface area contributed by atoms with Gasteiger partial charge in [-0.3, -0.25) is 14.8 Å². The summed E-state index contributed by atoms with van der Waals surface area (Å²) in [6.07, 6.45) is -5.11. The minimum Gasteiger partial charge on any atom is -0.493 e. The zero-order valence-corrected chi connectivity index (χ0v) is 30.0. The zero-order valence-electron chi connectivity index (χ0n) is 28.5. The summed E-state index contributed by atoms with van der Waals surface area (Å²) in [6, 6.07) is 20.4. The predicted octanol–water partition coefficient (Wildman–Crippen LogP) is 9.56. The second kappa shape index (κ2) is 15.5. The van der Waals surface area contributed by atoms with Crippen LogP contribution >= 0.6 is 23.2 Å². The molecule has 0 spiro atoms. The van der Waals surface area contributed by atoms with E-state index in [1.165, 1.54) is 0 Å². The van der Waals surface area contributed by atoms with Gasteiger partial charge in [-0.1, -0.05) is 74.3 Å². The van der Waals surface area contributed by atoms with E-state index in [2.05, 4.69) is 20.8 Å². The lowest BCUT2D eigenvalue weighted by atomic mass is 9.86. The Bertz CT molecular complexity index is 1560. The van der Waals surface area contributed by atoms with E-state index in [1.54, 1.807) is 26.8 Å². The average molecular weight is 706 g/mol. The van der Waals surface area contributed by atoms with E-state index in [9.17, 15) is 18.0 Å². The number of piperazine rings is 1. The molecule has 3 aromatic carbocycles. The van der Waals surface area contributed by atoms with Crippen LogP contribution in [0.3, 0.4) is 0 Å². The SMILES string of the molecule is CCOc1cc(C(C)(C)C)ccc1/C(=N/C(C)(C)c1ccc(Cl)cc1)N(Cc1ccc(Cl)cc1)C(=O)N1CCN(CCC(F)(F)F)CC1. The van der Waals surface area contributed by atoms with E-state index in [1.807, 2.05) is 75.4 Å². The number of ether oxygens (including phenoxy) is 1. The highest BCUT2D eigenvalue weighted by Crippen LogP contribution is 2.34. The third-order valence-corrected chi connectivity index (χ3v) is 8.92. The van der Waals surface area contributed by atoms with Crippen molar-refractivity contribution < 1.29 is 22.7 Å². The van der Waals surface area contributed by atoms with Crippen LogP contribution in [0.1, 0.15) is 70.2 Å². The molecular weight excluding hydrogens is 660 g/mol. The van der Waals surface area contributed by atoms with Gasteiger partial charge < -0.3 is 9.64 Å². The first kappa shape index (κ1) is 37.5. The van der Waals surface area contributed by atoms with Crippen LogP contribution < -0.4 is 4.74 Å². The topological polar surface area (TPSA) is 48.4 Å². The minimum absolute atomic E-state index is 0.0974. The lowest BCUT2D eigenvalue weighted by Crippen LogP contribution is -2.54. The third-order valence-electron chi connectivity index (χ3n) is 8.42. The van der Waals surface area contributed by atoms with Crippen molar-refractivity contribution in [3.63, 3.8) is 0 Å². The number of hydrogen-bond donors (Lipinski definition) is 0. The van der Waals surface area contributed by atoms with Gasteiger partial charge in [-0.25, -0.2) is 4.79 Å². The molecule has 0 N–H and O–H groups in total. The van der Waals surface area contributed by atoms with Gasteiger partial charge in [0.05, 0.1) is 30.7 Å². The number of urea groups is 1. The van der Waals surface area contributed by atoms with Crippen molar-refractivity contribution in [1.82, 2.24) is 14.7 Å². The maximum Gasteiger partial charge on any atom is 0.390 e. The van der Waals surface area contributed by atoms with Gasteiger partial charge in [0.1, 0.15) is 11.6 Å². The smallest absolute Gasteiger partial charge is 0.390 e. The van der Waals surface area contributed by atoms with Crippen LogP contribution in [0.25, 0.3) is 0 Å². The van der Waals surface area contributed by atoms with Crippen molar-refractivity contribution in [2.75, 3.05) is 39.3 Å². The molecular formula is C37H45Cl2F3N4O2. The molecule has 1 fully saturated rings. The predicted molar refractivity (Wildman–Crippen MR) is 188 cm³/mol. The van der Waals surface area contributed by atoms with Gasteiger partial charge in [-0.15, -0.1) is 0 Å². The highest BCUT2D eigenvalue weighted by molar-refractivity contribution is 6.30. The maximum absolute atomic E-state index is 14.7. The van der Waals surface area contributed by atoms with Crippen LogP contribution in [-0.2, 0) is 17.5 Å². The number of carbonyl (C=O) groups excluding carboxylic acids is 1. The van der Waals surface area contributed by atoms with E-state index >= 15 is 0 Å². The van der Waals surface area contributed by atoms with Crippen LogP contribution in [0.2, 0.25) is 10.0 Å². The fourth-order valence-electron chi connectivity index (χ4n) is 5.53. The molecule has 1 saturated heterocycles. The molecule has 48 heavy (non-hydrogen) atoms. The number of amidine groups is 1. The van der Waals surface area contributed by atoms with Crippen molar-refractivity contribution in [2.24, 2.45) is 4.99 Å². The van der Waals surface area contributed by atoms with Gasteiger partial charge in [-0.05, 0) is 79.3 Å². The molecule has 3 aromatic rings. The number of halogens is 5. The molecule has 0 radical (unpaired) electrons. The zero-order chi connectivity index (χ0) is 35.3. The van der Waals surface area contributed by atoms with Crippen molar-refractivity contribution in [2.45, 2.75) is 71.6 Å². The van der Waals surface area contributed by atoms with Crippen molar-refractivity contribution in [3.05, 3.63) is 99.0 Å². The molecule has 1 aliphatic rings. The highest BCUT2D eigenvalue weighted by Gasteiger charge is 2.34. The van der Waals surface area contributed by atoms with Gasteiger partial charge in [0.25, 0.3) is 0 Å². The molecule has 0 saturated carbocycles. The van der Waals surface area contributed by atoms with Crippen molar-refractivity contribution in [1.29, 1.82) is 0 Å². The van der Waals surface area contributed by atoms with Crippen LogP contribution in [0, 0.1) is 0 Å². The van der Waals surface area contributed by atoms with Gasteiger partial charge in [0, 0.05) is 42.8 Å². The summed E-state index contributed by atoms with van der Waals surface area (Å²) in [7, 11) is 0. The number of nitrogens with zero attached hydrogens (tertiary/aromatic N) is 4. The Morgan fingerprint density at radius 2 is 1.42 bits per heavy atom. The summed E-state index contributed by atoms with van der Waals surface area (Å²) in [4.78, 5) is 25.1. The van der Waals surface area contributed by atoms with Gasteiger partial charge >= 0.3 is 12.2 Å². The molecule has 0 aliphatic carbocycles. The molecule has 6 nitrogen and oxygen atoms in total. The fourth-order valence-corrected chi connectivity index (χ4v) is 5.78. The van der Waals surface area contributed by atoms with Crippen LogP contribution in [0.4, 0.5) is 18.0 Å². The fraction of sp³-hybridized carbons (Fsp3) is 0.459. The standard InChI is InChI=1S/C37H45Cl2F3N4O2/c1-7-48-32-24-28(35(2,3)4)12-17-31(32)33(43-36(5,6)27-10-15-30(39)16-11-27)46(25-26-8-13-29(38)14-9-26)34(47)45-22-20-44(21-23-45)19-18-37(40,41)42/h8-17,24H,7,18-23,25H2,1-6H3/b43-33-. The molecule has 260 valence electrons. The first-order valence-electron chi connectivity index (χ1n) is 16.2. The summed E-state index contributed by atoms with van der Waals surface area (Å²) >= 11 is 12.4. The third kappa shape index (κ3) is 10.1. The number of hydrogen-bond acceptors (Lipinski definition) is 4. The average Bonchev–Trinajstić information content (AvgIpc) is 3.02. The Balaban J connectivity index is 1.85. The molecule has 1 heterocycles. The van der Waals surface area contributed by atoms with E-state index in [0.717, 1.165) is 16.7 Å². The normalized spacial score (nSPS) is 15.1. The van der Waals surface area contributed by atoms with Gasteiger partial charge in [-0.2, -0.15) is 13.2 Å². The Morgan fingerprint density at radius 3 is 1.96 bits per heavy atom. The summed E-state index contributed by atoms with van der Waals surface area (Å²) in [5.74, 6) is 1.01. The summed E-state index contributed by atoms with van der Waals surface area (Å²) < 4.78 is 45.0. The number of rotatable bonds is 9. The molecule has 1 aliphatic heterocycles. The Morgan fingerprint density at radius 1 is 0.854 bits per heavy atom. The molecule has 11 heteroatoms. The summed E-state index contributed by atoms with van der Waals surface area (Å²) in [5.41, 5.74) is 2.48. The van der Waals surface area contributed by atoms with Crippen molar-refractivity contribution >= 4 is 35.1 Å². The summed E-state index contributed by atoms with van der Waals surface area (Å²) in [6.45, 7) is 14.0. The molecule has 0 aromatic heterocycles. The number of carbonyl (C=O) groups is 1. The summed E-state index contributed by atoms with van der Waals surface area (Å²) in [5, 5.41) is 1.17. The molecule has 0 atom stereocenters. The van der Waals surface area contributed by atoms with Crippen LogP contribution in [0.5, 0.6) is 5.75 Å². The van der Waals surface area contributed by atoms with Crippen LogP contribution in [0.15, 0.2) is 71.7 Å². The van der Waals surface area contributed by atoms with E-state index in [-0.39, 0.29) is 37.6 Å². The lowest BCUT2D eigenvalue weighted by molar-refractivity contribution is -0.138. The minimum atomic E-state index is -4.23. The molecule has 4 rings (SSSR count). The first-order valence-corrected chi connectivity index (χ1v) is 17.0. The highest BCUT2D eigenvalue weighted by atomic mass is 35.5. The molecule has 2 amide bonds. The second-order valence-corrected chi connectivity index (χ2v) is 14.5. The lowest BCUT2D eigenvalue weighted by Gasteiger charge is -2.38. The molecule has 0 unspecified atom stereocenters. The first-order chi connectivity index (χ1) is 22.5. The van der Waals surface area contributed by atoms with Gasteiger partial charge in [0.2, 0.25) is 0 Å². The van der Waals surface area contributed by atoms with E-state index < -0.39 is 18.1 Å². The number of amides is 2. The number of benzene rings is 3. The second-order valence-electron chi connectivity index (χ2n) is 13.6. The van der Waals surface area contributed by atoms with Gasteiger partial charge in [0.15, 0.2) is 0 Å². The van der Waals surface area contributed by atoms with Crippen molar-refractivity contribution in [3.8, 4) is 5.75 Å². The number of aliphatic imine (C=N–C) groups is 1. The van der Waals surface area contributed by atoms with E-state index in [0.29, 0.717) is 46.9 Å². The quantitative estimate of drug-likeness (QED) is 0.165. The largest absolute Gasteiger partial charge is 0.493 e. The van der Waals surface area contributed by atoms with E-state index in [4.69, 9.17) is 32.9 Å². The molecule has 0 bridgehead atoms. The monoisotopic (exact) mass is 704 g/mol. The Labute approximate surface area is 292 Å². The Hall–Kier alpha value is -3.27. The number of alkyl halides is 3. The van der Waals surface area contributed by atoms with Crippen LogP contribution in [-0.4, -0.2) is 72.1 Å².